The summed E-state index contributed by atoms with van der Waals surface area (Å²) in [6.07, 6.45) is 0.776. The quantitative estimate of drug-likeness (QED) is 0.598. The number of hydrogen-bond acceptors (Lipinski definition) is 4. The number of carbonyl (C=O) groups excluding carboxylic acids is 1. The van der Waals surface area contributed by atoms with Gasteiger partial charge in [0.25, 0.3) is 5.69 Å². The Kier molecular flexibility index (Phi) is 5.24. The molecule has 0 bridgehead atoms. The van der Waals surface area contributed by atoms with Crippen LogP contribution in [0.25, 0.3) is 0 Å². The number of nitrogens with zero attached hydrogens (tertiary/aromatic N) is 1. The van der Waals surface area contributed by atoms with Crippen molar-refractivity contribution < 1.29 is 14.5 Å². The van der Waals surface area contributed by atoms with Crippen molar-refractivity contribution >= 4 is 27.4 Å². The summed E-state index contributed by atoms with van der Waals surface area (Å²) in [5, 5.41) is 10.7. The molecule has 6 heteroatoms. The van der Waals surface area contributed by atoms with E-state index in [0.717, 1.165) is 5.56 Å². The highest BCUT2D eigenvalue weighted by molar-refractivity contribution is 9.10. The molecule has 1 rings (SSSR count). The topological polar surface area (TPSA) is 69.4 Å². The molecule has 0 aliphatic rings. The second-order valence-electron chi connectivity index (χ2n) is 3.48. The van der Waals surface area contributed by atoms with Gasteiger partial charge in [-0.2, -0.15) is 0 Å². The van der Waals surface area contributed by atoms with E-state index < -0.39 is 4.92 Å². The summed E-state index contributed by atoms with van der Waals surface area (Å²) in [5.41, 5.74) is 0.769. The highest BCUT2D eigenvalue weighted by Gasteiger charge is 2.15. The maximum atomic E-state index is 11.3. The molecular formula is C11H12BrNO4. The van der Waals surface area contributed by atoms with Gasteiger partial charge < -0.3 is 4.74 Å². The van der Waals surface area contributed by atoms with Crippen molar-refractivity contribution in [2.24, 2.45) is 0 Å². The summed E-state index contributed by atoms with van der Waals surface area (Å²) < 4.78 is 5.15. The normalized spacial score (nSPS) is 10.2. The third kappa shape index (κ3) is 3.90. The lowest BCUT2D eigenvalue weighted by Gasteiger charge is -2.04. The van der Waals surface area contributed by atoms with Gasteiger partial charge in [0.05, 0.1) is 9.40 Å². The number of Topliss-reactive ketones (excluding diaryl/α,β-unsaturated/α-hetero) is 1. The zero-order valence-corrected chi connectivity index (χ0v) is 10.9. The fraction of sp³-hybridized carbons (Fsp3) is 0.364. The number of ketones is 1. The Morgan fingerprint density at radius 3 is 2.82 bits per heavy atom. The molecule has 0 aromatic heterocycles. The maximum absolute atomic E-state index is 11.3. The maximum Gasteiger partial charge on any atom is 0.283 e. The van der Waals surface area contributed by atoms with Gasteiger partial charge in [-0.3, -0.25) is 14.9 Å². The minimum Gasteiger partial charge on any atom is -0.377 e. The summed E-state index contributed by atoms with van der Waals surface area (Å²) in [6.45, 7) is 0.0759. The second-order valence-corrected chi connectivity index (χ2v) is 4.27. The summed E-state index contributed by atoms with van der Waals surface area (Å²) in [4.78, 5) is 21.5. The average molecular weight is 302 g/mol. The van der Waals surface area contributed by atoms with Crippen LogP contribution in [0.5, 0.6) is 0 Å². The Hall–Kier alpha value is -1.27. The van der Waals surface area contributed by atoms with E-state index in [1.807, 2.05) is 0 Å². The molecule has 0 unspecified atom stereocenters. The fourth-order valence-corrected chi connectivity index (χ4v) is 2.01. The number of aryl methyl sites for hydroxylation is 1. The highest BCUT2D eigenvalue weighted by Crippen LogP contribution is 2.28. The lowest BCUT2D eigenvalue weighted by atomic mass is 10.1. The van der Waals surface area contributed by atoms with Crippen LogP contribution in [0.2, 0.25) is 0 Å². The van der Waals surface area contributed by atoms with E-state index in [9.17, 15) is 14.9 Å². The predicted molar refractivity (Wildman–Crippen MR) is 66.0 cm³/mol. The van der Waals surface area contributed by atoms with Crippen LogP contribution in [0.1, 0.15) is 12.0 Å². The lowest BCUT2D eigenvalue weighted by molar-refractivity contribution is -0.385. The van der Waals surface area contributed by atoms with Crippen molar-refractivity contribution in [3.05, 3.63) is 38.3 Å². The van der Waals surface area contributed by atoms with E-state index in [1.165, 1.54) is 13.2 Å². The molecule has 0 fully saturated rings. The van der Waals surface area contributed by atoms with Gasteiger partial charge in [0.1, 0.15) is 6.61 Å². The van der Waals surface area contributed by atoms with Crippen molar-refractivity contribution in [1.82, 2.24) is 0 Å². The van der Waals surface area contributed by atoms with Crippen LogP contribution in [-0.2, 0) is 16.0 Å². The van der Waals surface area contributed by atoms with Crippen LogP contribution in [-0.4, -0.2) is 24.4 Å². The molecule has 0 saturated heterocycles. The molecule has 0 heterocycles. The molecule has 1 aromatic carbocycles. The van der Waals surface area contributed by atoms with Crippen molar-refractivity contribution in [3.63, 3.8) is 0 Å². The number of nitro benzene ring substituents is 1. The van der Waals surface area contributed by atoms with E-state index in [0.29, 0.717) is 17.3 Å². The van der Waals surface area contributed by atoms with Crippen molar-refractivity contribution in [2.75, 3.05) is 13.7 Å². The van der Waals surface area contributed by atoms with Crippen molar-refractivity contribution in [3.8, 4) is 0 Å². The molecule has 0 radical (unpaired) electrons. The zero-order chi connectivity index (χ0) is 12.8. The van der Waals surface area contributed by atoms with Crippen LogP contribution in [0.3, 0.4) is 0 Å². The number of halogens is 1. The molecule has 0 aliphatic heterocycles. The third-order valence-corrected chi connectivity index (χ3v) is 3.15. The van der Waals surface area contributed by atoms with Gasteiger partial charge in [-0.1, -0.05) is 12.1 Å². The summed E-state index contributed by atoms with van der Waals surface area (Å²) in [7, 11) is 1.46. The monoisotopic (exact) mass is 301 g/mol. The van der Waals surface area contributed by atoms with Gasteiger partial charge in [0, 0.05) is 19.6 Å². The van der Waals surface area contributed by atoms with E-state index in [-0.39, 0.29) is 18.1 Å². The van der Waals surface area contributed by atoms with Gasteiger partial charge in [-0.15, -0.1) is 0 Å². The number of methoxy groups -OCH3 is 1. The van der Waals surface area contributed by atoms with Crippen LogP contribution >= 0.6 is 15.9 Å². The first-order valence-corrected chi connectivity index (χ1v) is 5.78. The average Bonchev–Trinajstić information content (AvgIpc) is 2.27. The first kappa shape index (κ1) is 13.8. The zero-order valence-electron chi connectivity index (χ0n) is 9.31. The fourth-order valence-electron chi connectivity index (χ4n) is 1.41. The van der Waals surface area contributed by atoms with E-state index >= 15 is 0 Å². The predicted octanol–water partition coefficient (Wildman–Crippen LogP) is 2.51. The molecule has 0 spiro atoms. The summed E-state index contributed by atoms with van der Waals surface area (Å²) in [6, 6.07) is 4.79. The molecule has 0 atom stereocenters. The minimum absolute atomic E-state index is 0.0155. The number of carbonyl (C=O) groups is 1. The number of hydrogen-bond donors (Lipinski definition) is 0. The molecule has 92 valence electrons. The Morgan fingerprint density at radius 1 is 1.53 bits per heavy atom. The van der Waals surface area contributed by atoms with E-state index in [1.54, 1.807) is 12.1 Å². The Balaban J connectivity index is 2.75. The van der Waals surface area contributed by atoms with E-state index in [4.69, 9.17) is 4.74 Å². The van der Waals surface area contributed by atoms with Gasteiger partial charge in [-0.05, 0) is 27.9 Å². The molecule has 0 N–H and O–H groups in total. The Labute approximate surface area is 107 Å². The molecule has 0 saturated carbocycles. The van der Waals surface area contributed by atoms with Gasteiger partial charge in [0.2, 0.25) is 0 Å². The number of nitro groups is 1. The highest BCUT2D eigenvalue weighted by atomic mass is 79.9. The lowest BCUT2D eigenvalue weighted by Crippen LogP contribution is -2.07. The SMILES string of the molecule is COCC(=O)CCc1cccc([N+](=O)[O-])c1Br. The number of ether oxygens (including phenoxy) is 1. The molecule has 17 heavy (non-hydrogen) atoms. The minimum atomic E-state index is -0.454. The Morgan fingerprint density at radius 2 is 2.24 bits per heavy atom. The van der Waals surface area contributed by atoms with Gasteiger partial charge in [0.15, 0.2) is 5.78 Å². The first-order chi connectivity index (χ1) is 8.06. The molecule has 5 nitrogen and oxygen atoms in total. The standard InChI is InChI=1S/C11H12BrNO4/c1-17-7-9(14)6-5-8-3-2-4-10(11(8)12)13(15)16/h2-4H,5-7H2,1H3. The second kappa shape index (κ2) is 6.46. The smallest absolute Gasteiger partial charge is 0.283 e. The molecular weight excluding hydrogens is 290 g/mol. The largest absolute Gasteiger partial charge is 0.377 e. The summed E-state index contributed by atoms with van der Waals surface area (Å²) in [5.74, 6) is -0.0223. The third-order valence-electron chi connectivity index (χ3n) is 2.23. The molecule has 0 amide bonds. The molecule has 0 aliphatic carbocycles. The van der Waals surface area contributed by atoms with Crippen LogP contribution < -0.4 is 0 Å². The summed E-state index contributed by atoms with van der Waals surface area (Å²) >= 11 is 3.19. The van der Waals surface area contributed by atoms with Crippen LogP contribution in [0.15, 0.2) is 22.7 Å². The van der Waals surface area contributed by atoms with Crippen molar-refractivity contribution in [2.45, 2.75) is 12.8 Å². The van der Waals surface area contributed by atoms with E-state index in [2.05, 4.69) is 15.9 Å². The Bertz CT molecular complexity index is 433. The number of rotatable bonds is 6. The van der Waals surface area contributed by atoms with Crippen LogP contribution in [0.4, 0.5) is 5.69 Å². The molecule has 1 aromatic rings. The first-order valence-electron chi connectivity index (χ1n) is 4.98. The van der Waals surface area contributed by atoms with Crippen LogP contribution in [0, 0.1) is 10.1 Å². The van der Waals surface area contributed by atoms with Gasteiger partial charge in [-0.25, -0.2) is 0 Å². The van der Waals surface area contributed by atoms with Crippen molar-refractivity contribution in [1.29, 1.82) is 0 Å². The van der Waals surface area contributed by atoms with Gasteiger partial charge >= 0.3 is 0 Å². The number of benzene rings is 1.